The lowest BCUT2D eigenvalue weighted by molar-refractivity contribution is -0.139. The number of ketones is 2. The van der Waals surface area contributed by atoms with E-state index in [1.807, 2.05) is 0 Å². The number of Topliss-reactive ketones (excluding diaryl/α,β-unsaturated/α-hetero) is 2. The minimum atomic E-state index is -1.09. The molecule has 0 spiro atoms. The molecular weight excluding hydrogens is 406 g/mol. The quantitative estimate of drug-likeness (QED) is 0.753. The fourth-order valence-corrected chi connectivity index (χ4v) is 5.13. The maximum atomic E-state index is 13.0. The van der Waals surface area contributed by atoms with Crippen molar-refractivity contribution in [3.8, 4) is 5.75 Å². The molecule has 1 aromatic carbocycles. The molecular formula is C23H24ClNO5. The number of halogens is 1. The van der Waals surface area contributed by atoms with E-state index in [2.05, 4.69) is 11.8 Å². The van der Waals surface area contributed by atoms with E-state index in [0.717, 1.165) is 49.2 Å². The van der Waals surface area contributed by atoms with Crippen molar-refractivity contribution in [3.63, 3.8) is 0 Å². The summed E-state index contributed by atoms with van der Waals surface area (Å²) in [6, 6.07) is 5.10. The van der Waals surface area contributed by atoms with E-state index < -0.39 is 18.5 Å². The molecule has 4 rings (SSSR count). The summed E-state index contributed by atoms with van der Waals surface area (Å²) in [4.78, 5) is 39.1. The van der Waals surface area contributed by atoms with Gasteiger partial charge in [-0.05, 0) is 50.3 Å². The zero-order valence-corrected chi connectivity index (χ0v) is 17.6. The van der Waals surface area contributed by atoms with E-state index in [-0.39, 0.29) is 22.3 Å². The number of hydrogen-bond donors (Lipinski definition) is 1. The number of rotatable bonds is 5. The maximum Gasteiger partial charge on any atom is 0.341 e. The van der Waals surface area contributed by atoms with E-state index in [1.165, 1.54) is 0 Å². The number of carboxylic acids is 1. The Hall–Kier alpha value is -2.60. The molecule has 0 bridgehead atoms. The molecule has 30 heavy (non-hydrogen) atoms. The lowest BCUT2D eigenvalue weighted by Gasteiger charge is -2.43. The molecule has 0 saturated heterocycles. The number of carbonyl (C=O) groups excluding carboxylic acids is 2. The fraction of sp³-hybridized carbons (Fsp3) is 0.435. The Morgan fingerprint density at radius 3 is 2.20 bits per heavy atom. The first kappa shape index (κ1) is 20.7. The molecule has 0 atom stereocenters. The highest BCUT2D eigenvalue weighted by atomic mass is 35.5. The van der Waals surface area contributed by atoms with Crippen molar-refractivity contribution in [2.75, 3.05) is 13.2 Å². The van der Waals surface area contributed by atoms with Gasteiger partial charge in [-0.25, -0.2) is 4.79 Å². The van der Waals surface area contributed by atoms with E-state index >= 15 is 0 Å². The Morgan fingerprint density at radius 1 is 1.10 bits per heavy atom. The highest BCUT2D eigenvalue weighted by Crippen LogP contribution is 2.49. The molecule has 0 amide bonds. The van der Waals surface area contributed by atoms with Crippen molar-refractivity contribution >= 4 is 29.1 Å². The maximum absolute atomic E-state index is 13.0. The van der Waals surface area contributed by atoms with Crippen molar-refractivity contribution in [3.05, 3.63) is 51.3 Å². The molecule has 0 saturated carbocycles. The van der Waals surface area contributed by atoms with Crippen LogP contribution in [0.1, 0.15) is 56.9 Å². The van der Waals surface area contributed by atoms with Gasteiger partial charge in [-0.3, -0.25) is 9.59 Å². The van der Waals surface area contributed by atoms with Crippen LogP contribution in [0.3, 0.4) is 0 Å². The topological polar surface area (TPSA) is 83.9 Å². The number of carboxylic acid groups (broad SMARTS) is 1. The number of allylic oxidation sites excluding steroid dienone is 4. The van der Waals surface area contributed by atoms with Gasteiger partial charge in [0.1, 0.15) is 5.75 Å². The van der Waals surface area contributed by atoms with Crippen LogP contribution in [0.15, 0.2) is 40.7 Å². The number of hydrogen-bond acceptors (Lipinski definition) is 5. The van der Waals surface area contributed by atoms with Gasteiger partial charge >= 0.3 is 5.97 Å². The smallest absolute Gasteiger partial charge is 0.341 e. The summed E-state index contributed by atoms with van der Waals surface area (Å²) in [6.45, 7) is 2.29. The van der Waals surface area contributed by atoms with Crippen molar-refractivity contribution in [1.29, 1.82) is 0 Å². The summed E-state index contributed by atoms with van der Waals surface area (Å²) in [5.74, 6) is -1.07. The van der Waals surface area contributed by atoms with Gasteiger partial charge in [0.15, 0.2) is 18.2 Å². The third-order valence-corrected chi connectivity index (χ3v) is 6.34. The molecule has 0 fully saturated rings. The van der Waals surface area contributed by atoms with Crippen LogP contribution in [0.4, 0.5) is 0 Å². The second-order valence-electron chi connectivity index (χ2n) is 7.82. The summed E-state index contributed by atoms with van der Waals surface area (Å²) in [5.41, 5.74) is 4.27. The van der Waals surface area contributed by atoms with Gasteiger partial charge < -0.3 is 14.7 Å². The van der Waals surface area contributed by atoms with Crippen molar-refractivity contribution in [1.82, 2.24) is 4.90 Å². The van der Waals surface area contributed by atoms with Gasteiger partial charge in [0.05, 0.1) is 5.02 Å². The Bertz CT molecular complexity index is 949. The average molecular weight is 430 g/mol. The van der Waals surface area contributed by atoms with Crippen LogP contribution >= 0.6 is 11.6 Å². The van der Waals surface area contributed by atoms with Crippen LogP contribution in [0.5, 0.6) is 5.75 Å². The standard InChI is InChI=1S/C23H24ClNO5/c1-2-25-15-5-3-7-17(26)22(15)21(23-16(25)6-4-8-18(23)27)13-9-10-19(14(24)11-13)30-12-20(28)29/h9-11,21H,2-8,12H2,1H3,(H,28,29). The molecule has 1 aromatic rings. The average Bonchev–Trinajstić information content (AvgIpc) is 2.71. The molecule has 0 radical (unpaired) electrons. The Kier molecular flexibility index (Phi) is 5.69. The molecule has 0 unspecified atom stereocenters. The monoisotopic (exact) mass is 429 g/mol. The first-order chi connectivity index (χ1) is 14.4. The number of carbonyl (C=O) groups is 3. The van der Waals surface area contributed by atoms with Crippen molar-refractivity contribution in [2.45, 2.75) is 51.4 Å². The molecule has 1 N–H and O–H groups in total. The first-order valence-electron chi connectivity index (χ1n) is 10.4. The van der Waals surface area contributed by atoms with E-state index in [9.17, 15) is 14.4 Å². The molecule has 2 aliphatic carbocycles. The number of aliphatic carboxylic acids is 1. The Morgan fingerprint density at radius 2 is 1.70 bits per heavy atom. The first-order valence-corrected chi connectivity index (χ1v) is 10.7. The lowest BCUT2D eigenvalue weighted by atomic mass is 9.71. The van der Waals surface area contributed by atoms with Gasteiger partial charge in [0.2, 0.25) is 0 Å². The van der Waals surface area contributed by atoms with Crippen LogP contribution in [0.25, 0.3) is 0 Å². The summed E-state index contributed by atoms with van der Waals surface area (Å²) >= 11 is 6.38. The van der Waals surface area contributed by atoms with Gasteiger partial charge in [-0.15, -0.1) is 0 Å². The van der Waals surface area contributed by atoms with Crippen LogP contribution in [0, 0.1) is 0 Å². The van der Waals surface area contributed by atoms with Crippen LogP contribution < -0.4 is 4.74 Å². The second-order valence-corrected chi connectivity index (χ2v) is 8.23. The summed E-state index contributed by atoms with van der Waals surface area (Å²) in [7, 11) is 0. The Balaban J connectivity index is 1.84. The zero-order valence-electron chi connectivity index (χ0n) is 16.9. The molecule has 0 aromatic heterocycles. The molecule has 1 heterocycles. The second kappa shape index (κ2) is 8.26. The minimum Gasteiger partial charge on any atom is -0.480 e. The van der Waals surface area contributed by atoms with Gasteiger partial charge in [-0.1, -0.05) is 17.7 Å². The van der Waals surface area contributed by atoms with Gasteiger partial charge in [0.25, 0.3) is 0 Å². The van der Waals surface area contributed by atoms with E-state index in [4.69, 9.17) is 21.4 Å². The van der Waals surface area contributed by atoms with Crippen LogP contribution in [0.2, 0.25) is 5.02 Å². The zero-order chi connectivity index (χ0) is 21.4. The Labute approximate surface area is 180 Å². The highest BCUT2D eigenvalue weighted by molar-refractivity contribution is 6.32. The third-order valence-electron chi connectivity index (χ3n) is 6.04. The van der Waals surface area contributed by atoms with E-state index in [1.54, 1.807) is 18.2 Å². The van der Waals surface area contributed by atoms with Crippen molar-refractivity contribution < 1.29 is 24.2 Å². The summed E-state index contributed by atoms with van der Waals surface area (Å²) in [5, 5.41) is 9.10. The summed E-state index contributed by atoms with van der Waals surface area (Å²) in [6.07, 6.45) is 4.25. The predicted molar refractivity (Wildman–Crippen MR) is 111 cm³/mol. The molecule has 1 aliphatic heterocycles. The summed E-state index contributed by atoms with van der Waals surface area (Å²) < 4.78 is 5.23. The van der Waals surface area contributed by atoms with Crippen molar-refractivity contribution in [2.24, 2.45) is 0 Å². The van der Waals surface area contributed by atoms with Crippen LogP contribution in [-0.4, -0.2) is 40.7 Å². The molecule has 7 heteroatoms. The lowest BCUT2D eigenvalue weighted by Crippen LogP contribution is -2.39. The molecule has 158 valence electrons. The highest BCUT2D eigenvalue weighted by Gasteiger charge is 2.42. The van der Waals surface area contributed by atoms with Crippen LogP contribution in [-0.2, 0) is 14.4 Å². The molecule has 3 aliphatic rings. The number of nitrogens with zero attached hydrogens (tertiary/aromatic N) is 1. The molecule has 6 nitrogen and oxygen atoms in total. The SMILES string of the molecule is CCN1C2=C(C(=O)CCC2)C(c2ccc(OCC(=O)O)c(Cl)c2)C2=C1CCCC2=O. The van der Waals surface area contributed by atoms with Gasteiger partial charge in [0, 0.05) is 47.8 Å². The number of benzene rings is 1. The number of ether oxygens (including phenoxy) is 1. The van der Waals surface area contributed by atoms with E-state index in [0.29, 0.717) is 24.0 Å². The van der Waals surface area contributed by atoms with Gasteiger partial charge in [-0.2, -0.15) is 0 Å². The third kappa shape index (κ3) is 3.54. The predicted octanol–water partition coefficient (Wildman–Crippen LogP) is 4.24. The minimum absolute atomic E-state index is 0.0898. The normalized spacial score (nSPS) is 19.7. The largest absolute Gasteiger partial charge is 0.480 e. The fourth-order valence-electron chi connectivity index (χ4n) is 4.88.